The summed E-state index contributed by atoms with van der Waals surface area (Å²) in [7, 11) is 0. The number of benzene rings is 1. The van der Waals surface area contributed by atoms with E-state index in [0.717, 1.165) is 63.4 Å². The summed E-state index contributed by atoms with van der Waals surface area (Å²) in [6.45, 7) is 5.90. The van der Waals surface area contributed by atoms with Crippen molar-refractivity contribution in [3.63, 3.8) is 0 Å². The molecule has 1 aromatic heterocycles. The highest BCUT2D eigenvalue weighted by Gasteiger charge is 2.30. The van der Waals surface area contributed by atoms with Gasteiger partial charge in [0.05, 0.1) is 0 Å². The summed E-state index contributed by atoms with van der Waals surface area (Å²) in [5, 5.41) is 0. The molecule has 0 saturated carbocycles. The van der Waals surface area contributed by atoms with Crippen LogP contribution in [0.5, 0.6) is 11.5 Å². The van der Waals surface area contributed by atoms with Gasteiger partial charge < -0.3 is 14.4 Å². The Balaban J connectivity index is 1.16. The first kappa shape index (κ1) is 20.7. The lowest BCUT2D eigenvalue weighted by Crippen LogP contribution is -2.50. The van der Waals surface area contributed by atoms with Gasteiger partial charge in [0.2, 0.25) is 0 Å². The monoisotopic (exact) mass is 409 g/mol. The molecule has 0 aliphatic carbocycles. The van der Waals surface area contributed by atoms with Gasteiger partial charge in [-0.15, -0.1) is 0 Å². The van der Waals surface area contributed by atoms with Gasteiger partial charge >= 0.3 is 0 Å². The van der Waals surface area contributed by atoms with Gasteiger partial charge in [-0.05, 0) is 56.9 Å². The van der Waals surface area contributed by atoms with Crippen LogP contribution in [0.1, 0.15) is 31.2 Å². The second-order valence-corrected chi connectivity index (χ2v) is 8.25. The molecule has 2 saturated heterocycles. The molecule has 6 nitrogen and oxygen atoms in total. The van der Waals surface area contributed by atoms with Gasteiger partial charge in [0.1, 0.15) is 17.6 Å². The number of hydrogen-bond donors (Lipinski definition) is 0. The Bertz CT molecular complexity index is 796. The normalized spacial score (nSPS) is 18.9. The molecule has 2 aliphatic heterocycles. The van der Waals surface area contributed by atoms with Crippen molar-refractivity contribution in [2.75, 3.05) is 32.8 Å². The smallest absolute Gasteiger partial charge is 0.260 e. The Kier molecular flexibility index (Phi) is 6.84. The van der Waals surface area contributed by atoms with E-state index in [1.807, 2.05) is 48.2 Å². The summed E-state index contributed by atoms with van der Waals surface area (Å²) in [5.41, 5.74) is 1.18. The zero-order chi connectivity index (χ0) is 20.8. The summed E-state index contributed by atoms with van der Waals surface area (Å²) in [5.74, 6) is 1.74. The lowest BCUT2D eigenvalue weighted by atomic mass is 9.99. The third kappa shape index (κ3) is 5.51. The summed E-state index contributed by atoms with van der Waals surface area (Å²) >= 11 is 0. The largest absolute Gasteiger partial charge is 0.490 e. The molecule has 0 N–H and O–H groups in total. The minimum absolute atomic E-state index is 0.0819. The van der Waals surface area contributed by atoms with Crippen LogP contribution < -0.4 is 9.47 Å². The Hall–Kier alpha value is -2.60. The highest BCUT2D eigenvalue weighted by molar-refractivity contribution is 5.77. The van der Waals surface area contributed by atoms with Crippen LogP contribution in [0.25, 0.3) is 0 Å². The first-order valence-corrected chi connectivity index (χ1v) is 11.0. The second-order valence-electron chi connectivity index (χ2n) is 8.25. The number of hydrogen-bond acceptors (Lipinski definition) is 5. The van der Waals surface area contributed by atoms with Crippen LogP contribution in [0.15, 0.2) is 48.8 Å². The molecule has 0 bridgehead atoms. The van der Waals surface area contributed by atoms with Crippen LogP contribution in [0, 0.1) is 6.92 Å². The predicted octanol–water partition coefficient (Wildman–Crippen LogP) is 3.30. The first-order chi connectivity index (χ1) is 14.7. The fourth-order valence-corrected chi connectivity index (χ4v) is 4.32. The molecule has 2 fully saturated rings. The number of amides is 1. The number of ether oxygens (including phenoxy) is 2. The molecule has 0 atom stereocenters. The Morgan fingerprint density at radius 1 is 0.933 bits per heavy atom. The minimum atomic E-state index is 0.0819. The van der Waals surface area contributed by atoms with Gasteiger partial charge in [0.25, 0.3) is 5.91 Å². The van der Waals surface area contributed by atoms with E-state index in [0.29, 0.717) is 6.04 Å². The summed E-state index contributed by atoms with van der Waals surface area (Å²) in [6.07, 6.45) is 7.98. The van der Waals surface area contributed by atoms with Crippen molar-refractivity contribution >= 4 is 5.91 Å². The molecule has 0 radical (unpaired) electrons. The molecular weight excluding hydrogens is 378 g/mol. The van der Waals surface area contributed by atoms with Gasteiger partial charge in [-0.1, -0.05) is 17.7 Å². The van der Waals surface area contributed by atoms with Crippen LogP contribution in [0.2, 0.25) is 0 Å². The van der Waals surface area contributed by atoms with Crippen LogP contribution in [0.4, 0.5) is 0 Å². The zero-order valence-electron chi connectivity index (χ0n) is 17.7. The maximum Gasteiger partial charge on any atom is 0.260 e. The van der Waals surface area contributed by atoms with Crippen molar-refractivity contribution in [2.24, 2.45) is 0 Å². The van der Waals surface area contributed by atoms with E-state index in [9.17, 15) is 4.79 Å². The van der Waals surface area contributed by atoms with Crippen molar-refractivity contribution in [1.29, 1.82) is 0 Å². The van der Waals surface area contributed by atoms with Crippen molar-refractivity contribution in [1.82, 2.24) is 14.8 Å². The number of aromatic nitrogens is 1. The molecule has 2 aliphatic rings. The first-order valence-electron chi connectivity index (χ1n) is 11.0. The predicted molar refractivity (Wildman–Crippen MR) is 116 cm³/mol. The lowest BCUT2D eigenvalue weighted by molar-refractivity contribution is -0.135. The van der Waals surface area contributed by atoms with E-state index in [2.05, 4.69) is 9.88 Å². The van der Waals surface area contributed by atoms with E-state index in [1.54, 1.807) is 12.4 Å². The van der Waals surface area contributed by atoms with Gasteiger partial charge in [-0.2, -0.15) is 0 Å². The van der Waals surface area contributed by atoms with E-state index < -0.39 is 0 Å². The number of aryl methyl sites for hydroxylation is 1. The van der Waals surface area contributed by atoms with E-state index >= 15 is 0 Å². The second kappa shape index (κ2) is 9.94. The van der Waals surface area contributed by atoms with Crippen LogP contribution >= 0.6 is 0 Å². The molecule has 0 spiro atoms. The number of nitrogens with zero attached hydrogens (tertiary/aromatic N) is 3. The quantitative estimate of drug-likeness (QED) is 0.733. The molecule has 4 rings (SSSR count). The number of rotatable bonds is 6. The number of carbonyl (C=O) groups is 1. The van der Waals surface area contributed by atoms with Gasteiger partial charge in [0, 0.05) is 44.6 Å². The van der Waals surface area contributed by atoms with Gasteiger partial charge in [-0.25, -0.2) is 0 Å². The van der Waals surface area contributed by atoms with E-state index in [1.165, 1.54) is 5.56 Å². The maximum atomic E-state index is 12.5. The number of carbonyl (C=O) groups excluding carboxylic acids is 1. The van der Waals surface area contributed by atoms with Gasteiger partial charge in [0.15, 0.2) is 6.61 Å². The summed E-state index contributed by atoms with van der Waals surface area (Å²) in [4.78, 5) is 21.1. The van der Waals surface area contributed by atoms with E-state index in [4.69, 9.17) is 9.47 Å². The van der Waals surface area contributed by atoms with E-state index in [-0.39, 0.29) is 18.6 Å². The topological polar surface area (TPSA) is 54.9 Å². The summed E-state index contributed by atoms with van der Waals surface area (Å²) in [6, 6.07) is 12.2. The number of likely N-dealkylation sites (tertiary alicyclic amines) is 2. The van der Waals surface area contributed by atoms with Crippen LogP contribution in [0.3, 0.4) is 0 Å². The molecule has 0 unspecified atom stereocenters. The Morgan fingerprint density at radius 3 is 2.27 bits per heavy atom. The molecule has 1 amide bonds. The Morgan fingerprint density at radius 2 is 1.60 bits per heavy atom. The third-order valence-corrected chi connectivity index (χ3v) is 6.15. The van der Waals surface area contributed by atoms with Crippen LogP contribution in [-0.4, -0.2) is 65.6 Å². The zero-order valence-corrected chi connectivity index (χ0v) is 17.7. The van der Waals surface area contributed by atoms with Crippen molar-refractivity contribution in [2.45, 2.75) is 44.8 Å². The van der Waals surface area contributed by atoms with Crippen molar-refractivity contribution in [3.05, 3.63) is 54.4 Å². The Labute approximate surface area is 178 Å². The van der Waals surface area contributed by atoms with Crippen LogP contribution in [-0.2, 0) is 4.79 Å². The molecular formula is C24H31N3O3. The highest BCUT2D eigenvalue weighted by atomic mass is 16.5. The van der Waals surface area contributed by atoms with Gasteiger partial charge in [-0.3, -0.25) is 14.7 Å². The van der Waals surface area contributed by atoms with Crippen molar-refractivity contribution in [3.8, 4) is 11.5 Å². The average Bonchev–Trinajstić information content (AvgIpc) is 2.80. The highest BCUT2D eigenvalue weighted by Crippen LogP contribution is 2.24. The molecule has 160 valence electrons. The fraction of sp³-hybridized carbons (Fsp3) is 0.500. The standard InChI is InChI=1S/C24H31N3O3/c1-19-2-4-21(5-3-19)29-18-24(28)27-14-8-20(9-15-27)26-16-10-23(11-17-26)30-22-6-12-25-13-7-22/h2-7,12-13,20,23H,8-11,14-18H2,1H3. The number of pyridine rings is 1. The third-order valence-electron chi connectivity index (χ3n) is 6.15. The fourth-order valence-electron chi connectivity index (χ4n) is 4.32. The van der Waals surface area contributed by atoms with Crippen molar-refractivity contribution < 1.29 is 14.3 Å². The lowest BCUT2D eigenvalue weighted by Gasteiger charge is -2.41. The minimum Gasteiger partial charge on any atom is -0.490 e. The SMILES string of the molecule is Cc1ccc(OCC(=O)N2CCC(N3CCC(Oc4ccncc4)CC3)CC2)cc1. The molecule has 6 heteroatoms. The number of piperidine rings is 2. The molecule has 30 heavy (non-hydrogen) atoms. The molecule has 1 aromatic carbocycles. The molecule has 2 aromatic rings. The maximum absolute atomic E-state index is 12.5. The molecule has 3 heterocycles. The summed E-state index contributed by atoms with van der Waals surface area (Å²) < 4.78 is 11.7. The average molecular weight is 410 g/mol.